The molecule has 4 nitrogen and oxygen atoms in total. The number of fused-ring (bicyclic) bond motifs is 1. The molecule has 2 aromatic rings. The van der Waals surface area contributed by atoms with Crippen LogP contribution in [0.1, 0.15) is 55.9 Å². The van der Waals surface area contributed by atoms with E-state index in [1.807, 2.05) is 26.8 Å². The monoisotopic (exact) mass is 341 g/mol. The molecule has 0 spiro atoms. The van der Waals surface area contributed by atoms with E-state index in [1.165, 1.54) is 19.3 Å². The summed E-state index contributed by atoms with van der Waals surface area (Å²) in [6.07, 6.45) is 7.54. The maximum absolute atomic E-state index is 12.4. The predicted octanol–water partition coefficient (Wildman–Crippen LogP) is 4.91. The number of hydrogen-bond donors (Lipinski definition) is 1. The van der Waals surface area contributed by atoms with Crippen molar-refractivity contribution in [2.45, 2.75) is 58.9 Å². The third kappa shape index (κ3) is 3.73. The molecule has 134 valence electrons. The number of allylic oxidation sites excluding steroid dienone is 1. The van der Waals surface area contributed by atoms with E-state index in [0.29, 0.717) is 6.04 Å². The number of carbonyl (C=O) groups excluding carboxylic acids is 1. The summed E-state index contributed by atoms with van der Waals surface area (Å²) in [5, 5.41) is 4.20. The van der Waals surface area contributed by atoms with E-state index in [9.17, 15) is 4.79 Å². The van der Waals surface area contributed by atoms with Crippen molar-refractivity contribution in [2.24, 2.45) is 0 Å². The average molecular weight is 341 g/mol. The van der Waals surface area contributed by atoms with Crippen LogP contribution in [-0.2, 0) is 4.79 Å². The Labute approximate surface area is 149 Å². The Morgan fingerprint density at radius 2 is 1.96 bits per heavy atom. The number of hydrogen-bond acceptors (Lipinski definition) is 3. The number of carbonyl (C=O) groups is 1. The Morgan fingerprint density at radius 3 is 2.64 bits per heavy atom. The fourth-order valence-corrected chi connectivity index (χ4v) is 3.61. The van der Waals surface area contributed by atoms with E-state index < -0.39 is 0 Å². The highest BCUT2D eigenvalue weighted by Crippen LogP contribution is 2.34. The summed E-state index contributed by atoms with van der Waals surface area (Å²) >= 11 is 0. The highest BCUT2D eigenvalue weighted by molar-refractivity contribution is 5.97. The Kier molecular flexibility index (Phi) is 5.16. The largest absolute Gasteiger partial charge is 0.496 e. The molecular formula is C21H27NO3. The molecule has 25 heavy (non-hydrogen) atoms. The van der Waals surface area contributed by atoms with Gasteiger partial charge in [0.05, 0.1) is 7.11 Å². The van der Waals surface area contributed by atoms with Crippen LogP contribution in [0.4, 0.5) is 0 Å². The molecule has 1 amide bonds. The summed E-state index contributed by atoms with van der Waals surface area (Å²) in [7, 11) is 1.64. The zero-order valence-electron chi connectivity index (χ0n) is 15.6. The quantitative estimate of drug-likeness (QED) is 0.804. The van der Waals surface area contributed by atoms with Crippen LogP contribution in [0.5, 0.6) is 5.75 Å². The molecule has 1 heterocycles. The van der Waals surface area contributed by atoms with E-state index in [4.69, 9.17) is 9.15 Å². The second-order valence-corrected chi connectivity index (χ2v) is 7.00. The Hall–Kier alpha value is -2.23. The first kappa shape index (κ1) is 17.6. The van der Waals surface area contributed by atoms with Gasteiger partial charge < -0.3 is 14.5 Å². The lowest BCUT2D eigenvalue weighted by atomic mass is 9.95. The van der Waals surface area contributed by atoms with Gasteiger partial charge in [-0.1, -0.05) is 19.3 Å². The van der Waals surface area contributed by atoms with E-state index in [0.717, 1.165) is 52.0 Å². The number of aryl methyl sites for hydroxylation is 2. The van der Waals surface area contributed by atoms with Crippen molar-refractivity contribution in [3.8, 4) is 5.75 Å². The summed E-state index contributed by atoms with van der Waals surface area (Å²) in [5.41, 5.74) is 3.76. The van der Waals surface area contributed by atoms with Crippen molar-refractivity contribution in [1.82, 2.24) is 5.32 Å². The third-order valence-corrected chi connectivity index (χ3v) is 5.22. The van der Waals surface area contributed by atoms with Crippen molar-refractivity contribution < 1.29 is 13.9 Å². The molecule has 1 saturated carbocycles. The SMILES string of the molecule is COc1cc2oc(C)c(C)c2cc1/C(C)=C/C(=O)NC1CCCCC1. The fourth-order valence-electron chi connectivity index (χ4n) is 3.61. The van der Waals surface area contributed by atoms with E-state index in [1.54, 1.807) is 13.2 Å². The van der Waals surface area contributed by atoms with Gasteiger partial charge in [0.1, 0.15) is 17.1 Å². The molecule has 1 aromatic carbocycles. The standard InChI is InChI=1S/C21H27NO3/c1-13(10-21(23)22-16-8-6-5-7-9-16)17-11-18-14(2)15(3)25-20(18)12-19(17)24-4/h10-12,16H,5-9H2,1-4H3,(H,22,23)/b13-10+. The minimum absolute atomic E-state index is 0.0216. The molecule has 0 bridgehead atoms. The van der Waals surface area contributed by atoms with Gasteiger partial charge in [-0.15, -0.1) is 0 Å². The van der Waals surface area contributed by atoms with Gasteiger partial charge in [0.15, 0.2) is 0 Å². The molecule has 0 aliphatic heterocycles. The number of benzene rings is 1. The van der Waals surface area contributed by atoms with Gasteiger partial charge in [-0.2, -0.15) is 0 Å². The Balaban J connectivity index is 1.87. The van der Waals surface area contributed by atoms with E-state index in [2.05, 4.69) is 11.4 Å². The summed E-state index contributed by atoms with van der Waals surface area (Å²) in [6.45, 7) is 5.96. The van der Waals surface area contributed by atoms with Crippen LogP contribution in [0.15, 0.2) is 22.6 Å². The summed E-state index contributed by atoms with van der Waals surface area (Å²) in [4.78, 5) is 12.4. The first-order valence-corrected chi connectivity index (χ1v) is 9.06. The lowest BCUT2D eigenvalue weighted by molar-refractivity contribution is -0.117. The zero-order valence-corrected chi connectivity index (χ0v) is 15.6. The molecular weight excluding hydrogens is 314 g/mol. The molecule has 1 aliphatic carbocycles. The number of ether oxygens (including phenoxy) is 1. The zero-order chi connectivity index (χ0) is 18.0. The molecule has 0 atom stereocenters. The van der Waals surface area contributed by atoms with Gasteiger partial charge in [0, 0.05) is 29.1 Å². The first-order valence-electron chi connectivity index (χ1n) is 9.06. The molecule has 3 rings (SSSR count). The average Bonchev–Trinajstić information content (AvgIpc) is 2.88. The minimum Gasteiger partial charge on any atom is -0.496 e. The Morgan fingerprint density at radius 1 is 1.24 bits per heavy atom. The van der Waals surface area contributed by atoms with E-state index in [-0.39, 0.29) is 5.91 Å². The van der Waals surface area contributed by atoms with Gasteiger partial charge in [-0.3, -0.25) is 4.79 Å². The molecule has 0 unspecified atom stereocenters. The Bertz CT molecular complexity index is 810. The summed E-state index contributed by atoms with van der Waals surface area (Å²) in [6, 6.07) is 4.27. The van der Waals surface area contributed by atoms with Crippen LogP contribution >= 0.6 is 0 Å². The van der Waals surface area contributed by atoms with Gasteiger partial charge in [0.2, 0.25) is 5.91 Å². The number of nitrogens with one attached hydrogen (secondary N) is 1. The topological polar surface area (TPSA) is 51.5 Å². The molecule has 1 fully saturated rings. The van der Waals surface area contributed by atoms with Crippen LogP contribution in [0, 0.1) is 13.8 Å². The van der Waals surface area contributed by atoms with Crippen LogP contribution in [0.3, 0.4) is 0 Å². The van der Waals surface area contributed by atoms with Gasteiger partial charge in [0.25, 0.3) is 0 Å². The van der Waals surface area contributed by atoms with Gasteiger partial charge >= 0.3 is 0 Å². The smallest absolute Gasteiger partial charge is 0.244 e. The van der Waals surface area contributed by atoms with E-state index >= 15 is 0 Å². The maximum Gasteiger partial charge on any atom is 0.244 e. The van der Waals surface area contributed by atoms with Crippen LogP contribution in [0.2, 0.25) is 0 Å². The second kappa shape index (κ2) is 7.34. The highest BCUT2D eigenvalue weighted by atomic mass is 16.5. The van der Waals surface area contributed by atoms with Crippen LogP contribution < -0.4 is 10.1 Å². The highest BCUT2D eigenvalue weighted by Gasteiger charge is 2.17. The molecule has 0 saturated heterocycles. The van der Waals surface area contributed by atoms with Crippen molar-refractivity contribution in [2.75, 3.05) is 7.11 Å². The normalized spacial score (nSPS) is 16.2. The maximum atomic E-state index is 12.4. The number of amides is 1. The van der Waals surface area contributed by atoms with Crippen molar-refractivity contribution in [3.05, 3.63) is 35.1 Å². The summed E-state index contributed by atoms with van der Waals surface area (Å²) in [5.74, 6) is 1.61. The van der Waals surface area contributed by atoms with Crippen molar-refractivity contribution >= 4 is 22.4 Å². The van der Waals surface area contributed by atoms with Crippen molar-refractivity contribution in [1.29, 1.82) is 0 Å². The van der Waals surface area contributed by atoms with Gasteiger partial charge in [-0.05, 0) is 50.8 Å². The lowest BCUT2D eigenvalue weighted by Crippen LogP contribution is -2.35. The predicted molar refractivity (Wildman–Crippen MR) is 101 cm³/mol. The molecule has 1 N–H and O–H groups in total. The number of methoxy groups -OCH3 is 1. The third-order valence-electron chi connectivity index (χ3n) is 5.22. The van der Waals surface area contributed by atoms with Crippen LogP contribution in [-0.4, -0.2) is 19.1 Å². The molecule has 4 heteroatoms. The minimum atomic E-state index is -0.0216. The fraction of sp³-hybridized carbons (Fsp3) is 0.476. The number of furan rings is 1. The van der Waals surface area contributed by atoms with Crippen LogP contribution in [0.25, 0.3) is 16.5 Å². The molecule has 1 aromatic heterocycles. The second-order valence-electron chi connectivity index (χ2n) is 7.00. The van der Waals surface area contributed by atoms with Gasteiger partial charge in [-0.25, -0.2) is 0 Å². The molecule has 0 radical (unpaired) electrons. The summed E-state index contributed by atoms with van der Waals surface area (Å²) < 4.78 is 11.3. The lowest BCUT2D eigenvalue weighted by Gasteiger charge is -2.22. The first-order chi connectivity index (χ1) is 12.0. The molecule has 1 aliphatic rings. The van der Waals surface area contributed by atoms with Crippen molar-refractivity contribution in [3.63, 3.8) is 0 Å². The number of rotatable bonds is 4.